The van der Waals surface area contributed by atoms with Gasteiger partial charge in [-0.05, 0) is 19.1 Å². The Morgan fingerprint density at radius 3 is 2.52 bits per heavy atom. The Bertz CT molecular complexity index is 726. The highest BCUT2D eigenvalue weighted by molar-refractivity contribution is 7.89. The van der Waals surface area contributed by atoms with Crippen LogP contribution in [0, 0.1) is 6.92 Å². The number of nitrogens with one attached hydrogen (secondary N) is 1. The van der Waals surface area contributed by atoms with Crippen molar-refractivity contribution in [1.29, 1.82) is 0 Å². The maximum Gasteiger partial charge on any atom is 0.241 e. The summed E-state index contributed by atoms with van der Waals surface area (Å²) in [5.74, 6) is 0.845. The van der Waals surface area contributed by atoms with Crippen molar-refractivity contribution in [3.8, 4) is 11.5 Å². The van der Waals surface area contributed by atoms with Crippen molar-refractivity contribution in [3.05, 3.63) is 34.3 Å². The highest BCUT2D eigenvalue weighted by Crippen LogP contribution is 2.29. The number of nitrogens with zero attached hydrogens (tertiary/aromatic N) is 1. The zero-order chi connectivity index (χ0) is 15.5. The first-order valence-electron chi connectivity index (χ1n) is 6.09. The van der Waals surface area contributed by atoms with E-state index < -0.39 is 10.0 Å². The van der Waals surface area contributed by atoms with Gasteiger partial charge in [0.1, 0.15) is 5.01 Å². The van der Waals surface area contributed by atoms with Crippen LogP contribution in [-0.2, 0) is 16.6 Å². The molecule has 0 unspecified atom stereocenters. The second kappa shape index (κ2) is 6.42. The van der Waals surface area contributed by atoms with E-state index in [4.69, 9.17) is 9.47 Å². The molecule has 2 aromatic rings. The van der Waals surface area contributed by atoms with Crippen LogP contribution in [0.1, 0.15) is 10.7 Å². The number of aryl methyl sites for hydroxylation is 1. The van der Waals surface area contributed by atoms with E-state index in [1.807, 2.05) is 12.3 Å². The molecule has 0 amide bonds. The highest BCUT2D eigenvalue weighted by atomic mass is 32.2. The van der Waals surface area contributed by atoms with Crippen molar-refractivity contribution in [2.24, 2.45) is 0 Å². The van der Waals surface area contributed by atoms with Crippen LogP contribution in [0.15, 0.2) is 28.5 Å². The normalized spacial score (nSPS) is 11.4. The third kappa shape index (κ3) is 3.72. The van der Waals surface area contributed by atoms with Crippen LogP contribution in [0.5, 0.6) is 11.5 Å². The topological polar surface area (TPSA) is 77.5 Å². The minimum atomic E-state index is -3.63. The molecule has 0 saturated heterocycles. The van der Waals surface area contributed by atoms with E-state index in [0.717, 1.165) is 10.7 Å². The highest BCUT2D eigenvalue weighted by Gasteiger charge is 2.17. The molecule has 0 spiro atoms. The smallest absolute Gasteiger partial charge is 0.241 e. The van der Waals surface area contributed by atoms with Crippen molar-refractivity contribution in [1.82, 2.24) is 9.71 Å². The molecule has 0 atom stereocenters. The van der Waals surface area contributed by atoms with Crippen LogP contribution in [0.4, 0.5) is 0 Å². The van der Waals surface area contributed by atoms with Gasteiger partial charge in [-0.3, -0.25) is 0 Å². The van der Waals surface area contributed by atoms with Crippen molar-refractivity contribution < 1.29 is 17.9 Å². The van der Waals surface area contributed by atoms with Gasteiger partial charge < -0.3 is 9.47 Å². The third-order valence-corrected chi connectivity index (χ3v) is 5.11. The lowest BCUT2D eigenvalue weighted by Crippen LogP contribution is -2.23. The van der Waals surface area contributed by atoms with Crippen molar-refractivity contribution in [2.45, 2.75) is 18.4 Å². The van der Waals surface area contributed by atoms with Gasteiger partial charge in [0, 0.05) is 17.1 Å². The fourth-order valence-corrected chi connectivity index (χ4v) is 3.51. The summed E-state index contributed by atoms with van der Waals surface area (Å²) in [6.45, 7) is 2.03. The average Bonchev–Trinajstić information content (AvgIpc) is 2.90. The maximum atomic E-state index is 12.2. The predicted octanol–water partition coefficient (Wildman–Crippen LogP) is 1.95. The second-order valence-corrected chi connectivity index (χ2v) is 6.93. The van der Waals surface area contributed by atoms with Gasteiger partial charge in [-0.2, -0.15) is 0 Å². The van der Waals surface area contributed by atoms with Gasteiger partial charge in [0.05, 0.1) is 25.7 Å². The summed E-state index contributed by atoms with van der Waals surface area (Å²) >= 11 is 1.42. The molecule has 8 heteroatoms. The van der Waals surface area contributed by atoms with Gasteiger partial charge in [0.2, 0.25) is 10.0 Å². The van der Waals surface area contributed by atoms with Gasteiger partial charge >= 0.3 is 0 Å². The lowest BCUT2D eigenvalue weighted by molar-refractivity contribution is 0.354. The Balaban J connectivity index is 2.19. The summed E-state index contributed by atoms with van der Waals surface area (Å²) in [5.41, 5.74) is 0.875. The molecule has 21 heavy (non-hydrogen) atoms. The zero-order valence-corrected chi connectivity index (χ0v) is 13.5. The van der Waals surface area contributed by atoms with Gasteiger partial charge in [0.25, 0.3) is 0 Å². The molecule has 1 N–H and O–H groups in total. The fraction of sp³-hybridized carbons (Fsp3) is 0.308. The first-order valence-corrected chi connectivity index (χ1v) is 8.45. The van der Waals surface area contributed by atoms with Crippen molar-refractivity contribution >= 4 is 21.4 Å². The molecule has 0 aliphatic rings. The number of benzene rings is 1. The van der Waals surface area contributed by atoms with Crippen molar-refractivity contribution in [2.75, 3.05) is 14.2 Å². The SMILES string of the molecule is COc1ccc(S(=O)(=O)NCc2nc(C)cs2)cc1OC. The summed E-state index contributed by atoms with van der Waals surface area (Å²) in [6, 6.07) is 4.45. The molecular weight excluding hydrogens is 312 g/mol. The van der Waals surface area contributed by atoms with Crippen LogP contribution in [0.3, 0.4) is 0 Å². The lowest BCUT2D eigenvalue weighted by atomic mass is 10.3. The summed E-state index contributed by atoms with van der Waals surface area (Å²) in [4.78, 5) is 4.33. The van der Waals surface area contributed by atoms with Crippen molar-refractivity contribution in [3.63, 3.8) is 0 Å². The molecule has 0 radical (unpaired) electrons. The number of ether oxygens (including phenoxy) is 2. The van der Waals surface area contributed by atoms with Crippen LogP contribution < -0.4 is 14.2 Å². The van der Waals surface area contributed by atoms with Crippen LogP contribution in [-0.4, -0.2) is 27.6 Å². The first-order chi connectivity index (χ1) is 9.96. The monoisotopic (exact) mass is 328 g/mol. The zero-order valence-electron chi connectivity index (χ0n) is 11.9. The standard InChI is InChI=1S/C13H16N2O4S2/c1-9-8-20-13(15-9)7-14-21(16,17)10-4-5-11(18-2)12(6-10)19-3/h4-6,8,14H,7H2,1-3H3. The van der Waals surface area contributed by atoms with Gasteiger partial charge in [-0.25, -0.2) is 18.1 Å². The molecular formula is C13H16N2O4S2. The van der Waals surface area contributed by atoms with Gasteiger partial charge in [-0.15, -0.1) is 11.3 Å². The van der Waals surface area contributed by atoms with Crippen LogP contribution in [0.2, 0.25) is 0 Å². The lowest BCUT2D eigenvalue weighted by Gasteiger charge is -2.10. The minimum Gasteiger partial charge on any atom is -0.493 e. The molecule has 1 aromatic carbocycles. The van der Waals surface area contributed by atoms with Gasteiger partial charge in [0.15, 0.2) is 11.5 Å². The molecule has 6 nitrogen and oxygen atoms in total. The van der Waals surface area contributed by atoms with E-state index in [1.165, 1.54) is 37.7 Å². The number of hydrogen-bond acceptors (Lipinski definition) is 6. The Morgan fingerprint density at radius 1 is 1.24 bits per heavy atom. The van der Waals surface area contributed by atoms with E-state index in [-0.39, 0.29) is 11.4 Å². The van der Waals surface area contributed by atoms with Gasteiger partial charge in [-0.1, -0.05) is 0 Å². The van der Waals surface area contributed by atoms with Crippen LogP contribution >= 0.6 is 11.3 Å². The molecule has 0 aliphatic carbocycles. The average molecular weight is 328 g/mol. The molecule has 2 rings (SSSR count). The number of methoxy groups -OCH3 is 2. The molecule has 1 heterocycles. The maximum absolute atomic E-state index is 12.2. The Morgan fingerprint density at radius 2 is 1.95 bits per heavy atom. The molecule has 1 aromatic heterocycles. The Hall–Kier alpha value is -1.64. The number of aromatic nitrogens is 1. The van der Waals surface area contributed by atoms with E-state index in [2.05, 4.69) is 9.71 Å². The summed E-state index contributed by atoms with van der Waals surface area (Å²) in [7, 11) is -0.672. The first kappa shape index (κ1) is 15.7. The molecule has 0 fully saturated rings. The molecule has 0 bridgehead atoms. The van der Waals surface area contributed by atoms with E-state index in [1.54, 1.807) is 6.07 Å². The number of rotatable bonds is 6. The van der Waals surface area contributed by atoms with E-state index in [0.29, 0.717) is 11.5 Å². The number of sulfonamides is 1. The quantitative estimate of drug-likeness (QED) is 0.877. The Labute approximate surface area is 127 Å². The van der Waals surface area contributed by atoms with Crippen LogP contribution in [0.25, 0.3) is 0 Å². The molecule has 0 aliphatic heterocycles. The largest absolute Gasteiger partial charge is 0.493 e. The molecule has 114 valence electrons. The number of hydrogen-bond donors (Lipinski definition) is 1. The fourth-order valence-electron chi connectivity index (χ4n) is 1.71. The minimum absolute atomic E-state index is 0.119. The second-order valence-electron chi connectivity index (χ2n) is 4.22. The molecule has 0 saturated carbocycles. The van der Waals surface area contributed by atoms with E-state index in [9.17, 15) is 8.42 Å². The summed E-state index contributed by atoms with van der Waals surface area (Å²) < 4.78 is 37.2. The Kier molecular flexibility index (Phi) is 4.81. The number of thiazole rings is 1. The predicted molar refractivity (Wildman–Crippen MR) is 80.4 cm³/mol. The van der Waals surface area contributed by atoms with E-state index >= 15 is 0 Å². The summed E-state index contributed by atoms with van der Waals surface area (Å²) in [6.07, 6.45) is 0. The third-order valence-electron chi connectivity index (χ3n) is 2.75. The summed E-state index contributed by atoms with van der Waals surface area (Å²) in [5, 5.41) is 2.59.